The third-order valence-electron chi connectivity index (χ3n) is 2.14. The molecule has 0 aromatic heterocycles. The van der Waals surface area contributed by atoms with E-state index in [4.69, 9.17) is 4.74 Å². The number of benzene rings is 1. The second-order valence-electron chi connectivity index (χ2n) is 3.55. The van der Waals surface area contributed by atoms with Crippen LogP contribution in [-0.4, -0.2) is 13.7 Å². The van der Waals surface area contributed by atoms with Crippen LogP contribution in [0.25, 0.3) is 0 Å². The van der Waals surface area contributed by atoms with Gasteiger partial charge in [-0.2, -0.15) is 0 Å². The first kappa shape index (κ1) is 24.7. The van der Waals surface area contributed by atoms with E-state index >= 15 is 0 Å². The molecule has 0 N–H and O–H groups in total. The molecule has 0 saturated heterocycles. The summed E-state index contributed by atoms with van der Waals surface area (Å²) in [6.07, 6.45) is 8.64. The molecule has 1 aromatic rings. The van der Waals surface area contributed by atoms with Gasteiger partial charge in [-0.15, -0.1) is 0 Å². The predicted molar refractivity (Wildman–Crippen MR) is 98.8 cm³/mol. The molecule has 1 nitrogen and oxygen atoms in total. The highest BCUT2D eigenvalue weighted by atomic mass is 16.5. The van der Waals surface area contributed by atoms with E-state index in [1.807, 2.05) is 70.2 Å². The topological polar surface area (TPSA) is 9.23 Å². The van der Waals surface area contributed by atoms with Crippen molar-refractivity contribution >= 4 is 0 Å². The van der Waals surface area contributed by atoms with Crippen LogP contribution in [-0.2, 0) is 4.74 Å². The number of hydrogen-bond donors (Lipinski definition) is 0. The molecule has 0 aliphatic heterocycles. The SMILES string of the molecule is CC.CC.CC/C=C(\C=C/COC)CC.c1ccccc1. The van der Waals surface area contributed by atoms with E-state index in [-0.39, 0.29) is 0 Å². The van der Waals surface area contributed by atoms with E-state index in [0.717, 1.165) is 12.8 Å². The standard InChI is InChI=1S/C10H18O.C6H6.2C2H6/c1-4-7-10(5-2)8-6-9-11-3;1-2-4-6-5-3-1;2*1-2/h6-8H,4-5,9H2,1-3H3;1-6H;2*1-2H3/b8-6-,10-7-;;;. The lowest BCUT2D eigenvalue weighted by molar-refractivity contribution is 0.234. The van der Waals surface area contributed by atoms with E-state index < -0.39 is 0 Å². The molecule has 1 rings (SSSR count). The molecule has 0 fully saturated rings. The van der Waals surface area contributed by atoms with E-state index in [9.17, 15) is 0 Å². The molecule has 1 aromatic carbocycles. The summed E-state index contributed by atoms with van der Waals surface area (Å²) >= 11 is 0. The fourth-order valence-corrected chi connectivity index (χ4v) is 1.27. The van der Waals surface area contributed by atoms with Crippen molar-refractivity contribution < 1.29 is 4.74 Å². The third-order valence-corrected chi connectivity index (χ3v) is 2.14. The Kier molecular flexibility index (Phi) is 31.8. The molecule has 0 bridgehead atoms. The fraction of sp³-hybridized carbons (Fsp3) is 0.500. The number of allylic oxidation sites excluding steroid dienone is 3. The molecule has 0 radical (unpaired) electrons. The smallest absolute Gasteiger partial charge is 0.0646 e. The highest BCUT2D eigenvalue weighted by Gasteiger charge is 1.84. The largest absolute Gasteiger partial charge is 0.381 e. The fourth-order valence-electron chi connectivity index (χ4n) is 1.27. The number of ether oxygens (including phenoxy) is 1. The summed E-state index contributed by atoms with van der Waals surface area (Å²) in [5.74, 6) is 0. The van der Waals surface area contributed by atoms with Crippen molar-refractivity contribution in [3.05, 3.63) is 60.2 Å². The first-order chi connectivity index (χ1) is 10.3. The maximum Gasteiger partial charge on any atom is 0.0646 e. The maximum absolute atomic E-state index is 4.90. The van der Waals surface area contributed by atoms with E-state index in [1.165, 1.54) is 5.57 Å². The summed E-state index contributed by atoms with van der Waals surface area (Å²) in [4.78, 5) is 0. The molecule has 0 amide bonds. The minimum atomic E-state index is 0.709. The molecule has 0 unspecified atom stereocenters. The van der Waals surface area contributed by atoms with Gasteiger partial charge in [0.05, 0.1) is 6.61 Å². The van der Waals surface area contributed by atoms with Crippen molar-refractivity contribution in [2.24, 2.45) is 0 Å². The molecule has 0 aliphatic rings. The van der Waals surface area contributed by atoms with Crippen molar-refractivity contribution in [1.29, 1.82) is 0 Å². The van der Waals surface area contributed by atoms with Gasteiger partial charge in [-0.25, -0.2) is 0 Å². The van der Waals surface area contributed by atoms with Crippen LogP contribution in [0.5, 0.6) is 0 Å². The highest BCUT2D eigenvalue weighted by Crippen LogP contribution is 2.03. The predicted octanol–water partition coefficient (Wildman–Crippen LogP) is 6.67. The molecule has 21 heavy (non-hydrogen) atoms. The van der Waals surface area contributed by atoms with Crippen molar-refractivity contribution in [2.75, 3.05) is 13.7 Å². The van der Waals surface area contributed by atoms with Gasteiger partial charge in [0, 0.05) is 7.11 Å². The van der Waals surface area contributed by atoms with Crippen LogP contribution >= 0.6 is 0 Å². The average molecular weight is 293 g/mol. The Hall–Kier alpha value is -1.34. The van der Waals surface area contributed by atoms with Crippen molar-refractivity contribution in [3.8, 4) is 0 Å². The lowest BCUT2D eigenvalue weighted by Gasteiger charge is -1.95. The second kappa shape index (κ2) is 27.1. The monoisotopic (exact) mass is 292 g/mol. The van der Waals surface area contributed by atoms with E-state index in [1.54, 1.807) is 7.11 Å². The number of methoxy groups -OCH3 is 1. The summed E-state index contributed by atoms with van der Waals surface area (Å²) in [6, 6.07) is 12.0. The lowest BCUT2D eigenvalue weighted by Crippen LogP contribution is -1.81. The van der Waals surface area contributed by atoms with Crippen molar-refractivity contribution in [3.63, 3.8) is 0 Å². The van der Waals surface area contributed by atoms with Gasteiger partial charge in [0.25, 0.3) is 0 Å². The zero-order chi connectivity index (χ0) is 16.8. The molecular weight excluding hydrogens is 256 g/mol. The Morgan fingerprint density at radius 3 is 1.57 bits per heavy atom. The summed E-state index contributed by atoms with van der Waals surface area (Å²) in [5, 5.41) is 0. The van der Waals surface area contributed by atoms with E-state index in [2.05, 4.69) is 26.0 Å². The highest BCUT2D eigenvalue weighted by molar-refractivity contribution is 5.17. The molecule has 0 saturated carbocycles. The normalized spacial score (nSPS) is 9.57. The van der Waals surface area contributed by atoms with E-state index in [0.29, 0.717) is 6.61 Å². The molecule has 122 valence electrons. The summed E-state index contributed by atoms with van der Waals surface area (Å²) in [7, 11) is 1.71. The summed E-state index contributed by atoms with van der Waals surface area (Å²) < 4.78 is 4.90. The van der Waals surface area contributed by atoms with Crippen LogP contribution in [0.4, 0.5) is 0 Å². The van der Waals surface area contributed by atoms with Crippen molar-refractivity contribution in [1.82, 2.24) is 0 Å². The zero-order valence-corrected chi connectivity index (χ0v) is 15.2. The van der Waals surface area contributed by atoms with Crippen LogP contribution in [0, 0.1) is 0 Å². The summed E-state index contributed by atoms with van der Waals surface area (Å²) in [6.45, 7) is 13.0. The van der Waals surface area contributed by atoms with Gasteiger partial charge in [-0.05, 0) is 12.8 Å². The van der Waals surface area contributed by atoms with Gasteiger partial charge >= 0.3 is 0 Å². The van der Waals surface area contributed by atoms with Crippen LogP contribution in [0.2, 0.25) is 0 Å². The Balaban J connectivity index is -0.000000271. The second-order valence-corrected chi connectivity index (χ2v) is 3.55. The third kappa shape index (κ3) is 24.1. The lowest BCUT2D eigenvalue weighted by atomic mass is 10.1. The molecule has 0 aliphatic carbocycles. The Labute approximate surface area is 133 Å². The number of rotatable bonds is 5. The molecule has 0 atom stereocenters. The molecule has 0 heterocycles. The molecule has 0 spiro atoms. The molecule has 1 heteroatoms. The van der Waals surface area contributed by atoms with Gasteiger partial charge in [0.1, 0.15) is 0 Å². The van der Waals surface area contributed by atoms with Gasteiger partial charge in [-0.3, -0.25) is 0 Å². The van der Waals surface area contributed by atoms with Gasteiger partial charge in [0.15, 0.2) is 0 Å². The van der Waals surface area contributed by atoms with Crippen molar-refractivity contribution in [2.45, 2.75) is 54.4 Å². The Bertz CT molecular complexity index is 272. The maximum atomic E-state index is 4.90. The summed E-state index contributed by atoms with van der Waals surface area (Å²) in [5.41, 5.74) is 1.39. The minimum Gasteiger partial charge on any atom is -0.381 e. The van der Waals surface area contributed by atoms with Gasteiger partial charge in [-0.1, -0.05) is 102 Å². The average Bonchev–Trinajstić information content (AvgIpc) is 2.60. The minimum absolute atomic E-state index is 0.709. The van der Waals surface area contributed by atoms with Crippen LogP contribution in [0.1, 0.15) is 54.4 Å². The number of hydrogen-bond acceptors (Lipinski definition) is 1. The molecular formula is C20H36O. The van der Waals surface area contributed by atoms with Crippen LogP contribution < -0.4 is 0 Å². The Morgan fingerprint density at radius 2 is 1.29 bits per heavy atom. The van der Waals surface area contributed by atoms with Crippen LogP contribution in [0.3, 0.4) is 0 Å². The Morgan fingerprint density at radius 1 is 0.857 bits per heavy atom. The first-order valence-corrected chi connectivity index (χ1v) is 8.19. The van der Waals surface area contributed by atoms with Crippen LogP contribution in [0.15, 0.2) is 60.2 Å². The van der Waals surface area contributed by atoms with Gasteiger partial charge < -0.3 is 4.74 Å². The van der Waals surface area contributed by atoms with Gasteiger partial charge in [0.2, 0.25) is 0 Å². The first-order valence-electron chi connectivity index (χ1n) is 8.19. The zero-order valence-electron chi connectivity index (χ0n) is 15.2. The quantitative estimate of drug-likeness (QED) is 0.550.